The third kappa shape index (κ3) is 4.87. The van der Waals surface area contributed by atoms with Crippen molar-refractivity contribution < 1.29 is 24.2 Å². The van der Waals surface area contributed by atoms with Crippen molar-refractivity contribution in [2.45, 2.75) is 25.3 Å². The Bertz CT molecular complexity index is 1010. The molecule has 152 valence electrons. The standard InChI is InChI=1S/C22H24N2O5/c1-28-19-9-7-14(11-20(19)29-2)18(12-22(26)27)24-21(25)10-8-15-13-23-17-6-4-3-5-16(15)17/h3-7,9,11,13,18,23H,8,10,12H2,1-2H3,(H,24,25)(H,26,27). The summed E-state index contributed by atoms with van der Waals surface area (Å²) < 4.78 is 10.5. The van der Waals surface area contributed by atoms with E-state index >= 15 is 0 Å². The number of carbonyl (C=O) groups excluding carboxylic acids is 1. The number of rotatable bonds is 9. The summed E-state index contributed by atoms with van der Waals surface area (Å²) in [6, 6.07) is 12.4. The first kappa shape index (κ1) is 20.3. The molecule has 7 nitrogen and oxygen atoms in total. The Morgan fingerprint density at radius 1 is 1.10 bits per heavy atom. The van der Waals surface area contributed by atoms with Gasteiger partial charge in [-0.05, 0) is 35.7 Å². The predicted molar refractivity (Wildman–Crippen MR) is 109 cm³/mol. The van der Waals surface area contributed by atoms with Gasteiger partial charge >= 0.3 is 5.97 Å². The van der Waals surface area contributed by atoms with Gasteiger partial charge in [0.05, 0.1) is 26.7 Å². The molecular formula is C22H24N2O5. The molecule has 0 saturated carbocycles. The van der Waals surface area contributed by atoms with Crippen LogP contribution in [0.1, 0.15) is 30.0 Å². The summed E-state index contributed by atoms with van der Waals surface area (Å²) in [5, 5.41) is 13.2. The van der Waals surface area contributed by atoms with Crippen molar-refractivity contribution in [3.63, 3.8) is 0 Å². The van der Waals surface area contributed by atoms with Gasteiger partial charge in [0.15, 0.2) is 11.5 Å². The Labute approximate surface area is 168 Å². The Hall–Kier alpha value is -3.48. The van der Waals surface area contributed by atoms with Gasteiger partial charge in [0.2, 0.25) is 5.91 Å². The minimum atomic E-state index is -0.998. The fourth-order valence-electron chi connectivity index (χ4n) is 3.35. The molecule has 0 aliphatic heterocycles. The van der Waals surface area contributed by atoms with E-state index in [2.05, 4.69) is 10.3 Å². The van der Waals surface area contributed by atoms with E-state index in [-0.39, 0.29) is 18.7 Å². The number of aromatic nitrogens is 1. The van der Waals surface area contributed by atoms with Gasteiger partial charge in [-0.15, -0.1) is 0 Å². The Morgan fingerprint density at radius 2 is 1.86 bits per heavy atom. The number of aromatic amines is 1. The van der Waals surface area contributed by atoms with Gasteiger partial charge in [-0.25, -0.2) is 0 Å². The molecule has 1 amide bonds. The highest BCUT2D eigenvalue weighted by atomic mass is 16.5. The van der Waals surface area contributed by atoms with Crippen LogP contribution in [-0.2, 0) is 16.0 Å². The van der Waals surface area contributed by atoms with Crippen molar-refractivity contribution in [3.8, 4) is 11.5 Å². The maximum atomic E-state index is 12.5. The Morgan fingerprint density at radius 3 is 2.59 bits per heavy atom. The zero-order valence-corrected chi connectivity index (χ0v) is 16.4. The van der Waals surface area contributed by atoms with Crippen molar-refractivity contribution in [1.82, 2.24) is 10.3 Å². The Kier molecular flexibility index (Phi) is 6.39. The number of amides is 1. The highest BCUT2D eigenvalue weighted by molar-refractivity contribution is 5.84. The summed E-state index contributed by atoms with van der Waals surface area (Å²) in [5.74, 6) is -0.192. The van der Waals surface area contributed by atoms with Crippen LogP contribution in [0, 0.1) is 0 Å². The lowest BCUT2D eigenvalue weighted by molar-refractivity contribution is -0.137. The summed E-state index contributed by atoms with van der Waals surface area (Å²) in [7, 11) is 3.03. The number of carboxylic acid groups (broad SMARTS) is 1. The van der Waals surface area contributed by atoms with Gasteiger partial charge in [0.25, 0.3) is 0 Å². The molecule has 3 aromatic rings. The molecule has 0 spiro atoms. The first-order valence-electron chi connectivity index (χ1n) is 9.30. The quantitative estimate of drug-likeness (QED) is 0.514. The number of aryl methyl sites for hydroxylation is 1. The van der Waals surface area contributed by atoms with Crippen LogP contribution in [-0.4, -0.2) is 36.2 Å². The molecule has 0 aliphatic carbocycles. The molecule has 3 rings (SSSR count). The lowest BCUT2D eigenvalue weighted by Crippen LogP contribution is -2.30. The van der Waals surface area contributed by atoms with E-state index in [1.807, 2.05) is 30.5 Å². The first-order valence-corrected chi connectivity index (χ1v) is 9.30. The highest BCUT2D eigenvalue weighted by Crippen LogP contribution is 2.31. The van der Waals surface area contributed by atoms with E-state index in [0.29, 0.717) is 23.5 Å². The number of fused-ring (bicyclic) bond motifs is 1. The van der Waals surface area contributed by atoms with Gasteiger partial charge in [-0.3, -0.25) is 9.59 Å². The largest absolute Gasteiger partial charge is 0.493 e. The molecule has 0 aliphatic rings. The number of aliphatic carboxylic acids is 1. The number of hydrogen-bond acceptors (Lipinski definition) is 4. The van der Waals surface area contributed by atoms with Gasteiger partial charge in [0.1, 0.15) is 0 Å². The van der Waals surface area contributed by atoms with Crippen molar-refractivity contribution in [2.75, 3.05) is 14.2 Å². The molecule has 7 heteroatoms. The molecule has 1 aromatic heterocycles. The lowest BCUT2D eigenvalue weighted by Gasteiger charge is -2.19. The fourth-order valence-corrected chi connectivity index (χ4v) is 3.35. The van der Waals surface area contributed by atoms with Crippen molar-refractivity contribution >= 4 is 22.8 Å². The molecule has 1 atom stereocenters. The molecule has 0 saturated heterocycles. The molecule has 1 heterocycles. The number of nitrogens with one attached hydrogen (secondary N) is 2. The highest BCUT2D eigenvalue weighted by Gasteiger charge is 2.20. The topological polar surface area (TPSA) is 101 Å². The average molecular weight is 396 g/mol. The van der Waals surface area contributed by atoms with Crippen LogP contribution >= 0.6 is 0 Å². The van der Waals surface area contributed by atoms with Crippen LogP contribution in [0.2, 0.25) is 0 Å². The summed E-state index contributed by atoms with van der Waals surface area (Å²) in [6.07, 6.45) is 2.49. The van der Waals surface area contributed by atoms with E-state index in [9.17, 15) is 14.7 Å². The van der Waals surface area contributed by atoms with Crippen LogP contribution in [0.15, 0.2) is 48.7 Å². The molecule has 1 unspecified atom stereocenters. The van der Waals surface area contributed by atoms with E-state index in [1.165, 1.54) is 14.2 Å². The number of para-hydroxylation sites is 1. The summed E-state index contributed by atoms with van der Waals surface area (Å²) in [5.41, 5.74) is 2.72. The van der Waals surface area contributed by atoms with E-state index in [1.54, 1.807) is 18.2 Å². The fraction of sp³-hybridized carbons (Fsp3) is 0.273. The molecule has 29 heavy (non-hydrogen) atoms. The number of methoxy groups -OCH3 is 2. The Balaban J connectivity index is 1.71. The maximum Gasteiger partial charge on any atom is 0.305 e. The second kappa shape index (κ2) is 9.14. The van der Waals surface area contributed by atoms with E-state index in [4.69, 9.17) is 9.47 Å². The second-order valence-corrected chi connectivity index (χ2v) is 6.69. The number of ether oxygens (including phenoxy) is 2. The van der Waals surface area contributed by atoms with Gasteiger partial charge < -0.3 is 24.9 Å². The summed E-state index contributed by atoms with van der Waals surface area (Å²) >= 11 is 0. The number of carbonyl (C=O) groups is 2. The molecule has 0 bridgehead atoms. The zero-order chi connectivity index (χ0) is 20.8. The van der Waals surface area contributed by atoms with Crippen molar-refractivity contribution in [1.29, 1.82) is 0 Å². The predicted octanol–water partition coefficient (Wildman–Crippen LogP) is 3.45. The van der Waals surface area contributed by atoms with Gasteiger partial charge in [0, 0.05) is 23.5 Å². The lowest BCUT2D eigenvalue weighted by atomic mass is 10.0. The monoisotopic (exact) mass is 396 g/mol. The third-order valence-corrected chi connectivity index (χ3v) is 4.82. The minimum Gasteiger partial charge on any atom is -0.493 e. The molecular weight excluding hydrogens is 372 g/mol. The van der Waals surface area contributed by atoms with E-state index in [0.717, 1.165) is 16.5 Å². The van der Waals surface area contributed by atoms with Crippen LogP contribution in [0.25, 0.3) is 10.9 Å². The number of benzene rings is 2. The number of carboxylic acids is 1. The van der Waals surface area contributed by atoms with Crippen molar-refractivity contribution in [3.05, 3.63) is 59.8 Å². The van der Waals surface area contributed by atoms with E-state index < -0.39 is 12.0 Å². The number of H-pyrrole nitrogens is 1. The van der Waals surface area contributed by atoms with Crippen molar-refractivity contribution in [2.24, 2.45) is 0 Å². The minimum absolute atomic E-state index is 0.212. The summed E-state index contributed by atoms with van der Waals surface area (Å²) in [6.45, 7) is 0. The summed E-state index contributed by atoms with van der Waals surface area (Å²) in [4.78, 5) is 27.1. The first-order chi connectivity index (χ1) is 14.0. The van der Waals surface area contributed by atoms with Crippen LogP contribution in [0.5, 0.6) is 11.5 Å². The van der Waals surface area contributed by atoms with Crippen LogP contribution in [0.3, 0.4) is 0 Å². The smallest absolute Gasteiger partial charge is 0.305 e. The molecule has 0 fully saturated rings. The second-order valence-electron chi connectivity index (χ2n) is 6.69. The normalized spacial score (nSPS) is 11.8. The van der Waals surface area contributed by atoms with Gasteiger partial charge in [-0.1, -0.05) is 24.3 Å². The molecule has 0 radical (unpaired) electrons. The molecule has 2 aromatic carbocycles. The van der Waals surface area contributed by atoms with Crippen LogP contribution < -0.4 is 14.8 Å². The maximum absolute atomic E-state index is 12.5. The van der Waals surface area contributed by atoms with Crippen LogP contribution in [0.4, 0.5) is 0 Å². The SMILES string of the molecule is COc1ccc(C(CC(=O)O)NC(=O)CCc2c[nH]c3ccccc23)cc1OC. The number of hydrogen-bond donors (Lipinski definition) is 3. The molecule has 3 N–H and O–H groups in total. The van der Waals surface area contributed by atoms with Gasteiger partial charge in [-0.2, -0.15) is 0 Å². The third-order valence-electron chi connectivity index (χ3n) is 4.82. The average Bonchev–Trinajstić information content (AvgIpc) is 3.14. The zero-order valence-electron chi connectivity index (χ0n) is 16.4.